The van der Waals surface area contributed by atoms with Crippen molar-refractivity contribution < 1.29 is 4.74 Å². The SMILES string of the molecule is c1ccc(-c2ccc(-c3cc(-c4cccc(-c5cc(-c6ccccc6)cc(-c6cccc7c6Oc6cccc8cccc-7c68)c5-c5ccccc5)c4)nc(-c4ccccc4)n3)cc2)cc1. The second kappa shape index (κ2) is 16.2. The zero-order chi connectivity index (χ0) is 43.1. The molecular formula is C62H40N2O. The van der Waals surface area contributed by atoms with Crippen LogP contribution in [0.3, 0.4) is 0 Å². The molecule has 3 heteroatoms. The highest BCUT2D eigenvalue weighted by Crippen LogP contribution is 2.53. The van der Waals surface area contributed by atoms with Crippen molar-refractivity contribution in [3.8, 4) is 112 Å². The quantitative estimate of drug-likeness (QED) is 0.153. The van der Waals surface area contributed by atoms with E-state index in [2.05, 4.69) is 218 Å². The van der Waals surface area contributed by atoms with Crippen LogP contribution in [0.5, 0.6) is 11.5 Å². The minimum atomic E-state index is 0.681. The Balaban J connectivity index is 1.06. The second-order valence-corrected chi connectivity index (χ2v) is 16.5. The highest BCUT2D eigenvalue weighted by atomic mass is 16.5. The van der Waals surface area contributed by atoms with Crippen LogP contribution in [0.15, 0.2) is 243 Å². The van der Waals surface area contributed by atoms with Crippen LogP contribution in [0.1, 0.15) is 0 Å². The highest BCUT2D eigenvalue weighted by molar-refractivity contribution is 6.07. The lowest BCUT2D eigenvalue weighted by atomic mass is 9.83. The van der Waals surface area contributed by atoms with Gasteiger partial charge in [0.2, 0.25) is 0 Å². The Labute approximate surface area is 378 Å². The Morgan fingerprint density at radius 1 is 0.277 bits per heavy atom. The summed E-state index contributed by atoms with van der Waals surface area (Å²) in [6.07, 6.45) is 0. The smallest absolute Gasteiger partial charge is 0.160 e. The maximum atomic E-state index is 7.00. The third kappa shape index (κ3) is 7.06. The molecule has 0 unspecified atom stereocenters. The monoisotopic (exact) mass is 828 g/mol. The van der Waals surface area contributed by atoms with Gasteiger partial charge in [0, 0.05) is 33.2 Å². The summed E-state index contributed by atoms with van der Waals surface area (Å²) in [5.41, 5.74) is 18.1. The zero-order valence-corrected chi connectivity index (χ0v) is 35.4. The maximum absolute atomic E-state index is 7.00. The van der Waals surface area contributed by atoms with Gasteiger partial charge in [-0.1, -0.05) is 212 Å². The van der Waals surface area contributed by atoms with Crippen LogP contribution in [-0.2, 0) is 0 Å². The van der Waals surface area contributed by atoms with Gasteiger partial charge >= 0.3 is 0 Å². The van der Waals surface area contributed by atoms with Crippen LogP contribution in [-0.4, -0.2) is 9.97 Å². The Bertz CT molecular complexity index is 3530. The van der Waals surface area contributed by atoms with Gasteiger partial charge in [-0.25, -0.2) is 9.97 Å². The van der Waals surface area contributed by atoms with E-state index in [1.165, 1.54) is 16.5 Å². The summed E-state index contributed by atoms with van der Waals surface area (Å²) >= 11 is 0. The molecule has 0 amide bonds. The van der Waals surface area contributed by atoms with E-state index < -0.39 is 0 Å². The maximum Gasteiger partial charge on any atom is 0.160 e. The summed E-state index contributed by atoms with van der Waals surface area (Å²) in [6, 6.07) is 85.9. The van der Waals surface area contributed by atoms with Crippen molar-refractivity contribution in [2.24, 2.45) is 0 Å². The minimum Gasteiger partial charge on any atom is -0.455 e. The Hall–Kier alpha value is -8.66. The molecular weight excluding hydrogens is 789 g/mol. The summed E-state index contributed by atoms with van der Waals surface area (Å²) in [5, 5.41) is 2.31. The number of nitrogens with zero attached hydrogens (tertiary/aromatic N) is 2. The lowest BCUT2D eigenvalue weighted by Crippen LogP contribution is -2.00. The van der Waals surface area contributed by atoms with Crippen molar-refractivity contribution >= 4 is 10.8 Å². The van der Waals surface area contributed by atoms with E-state index in [1.54, 1.807) is 0 Å². The molecule has 0 bridgehead atoms. The first-order valence-electron chi connectivity index (χ1n) is 22.1. The number of ether oxygens (including phenoxy) is 1. The highest BCUT2D eigenvalue weighted by Gasteiger charge is 2.26. The Morgan fingerprint density at radius 2 is 0.754 bits per heavy atom. The average molecular weight is 829 g/mol. The molecule has 1 aromatic heterocycles. The van der Waals surface area contributed by atoms with E-state index >= 15 is 0 Å². The van der Waals surface area contributed by atoms with Gasteiger partial charge in [0.25, 0.3) is 0 Å². The van der Waals surface area contributed by atoms with Gasteiger partial charge < -0.3 is 4.74 Å². The molecule has 0 aliphatic carbocycles. The molecule has 0 saturated carbocycles. The predicted octanol–water partition coefficient (Wildman–Crippen LogP) is 16.7. The van der Waals surface area contributed by atoms with E-state index in [1.807, 2.05) is 24.3 Å². The van der Waals surface area contributed by atoms with Gasteiger partial charge in [0.15, 0.2) is 5.82 Å². The molecule has 0 radical (unpaired) electrons. The second-order valence-electron chi connectivity index (χ2n) is 16.5. The van der Waals surface area contributed by atoms with Gasteiger partial charge in [-0.15, -0.1) is 0 Å². The fraction of sp³-hybridized carbons (Fsp3) is 0. The molecule has 0 atom stereocenters. The van der Waals surface area contributed by atoms with E-state index in [0.717, 1.165) is 101 Å². The summed E-state index contributed by atoms with van der Waals surface area (Å²) in [7, 11) is 0. The lowest BCUT2D eigenvalue weighted by Gasteiger charge is -2.25. The number of benzene rings is 10. The summed E-state index contributed by atoms with van der Waals surface area (Å²) in [4.78, 5) is 10.4. The van der Waals surface area contributed by atoms with Crippen molar-refractivity contribution in [3.05, 3.63) is 243 Å². The third-order valence-electron chi connectivity index (χ3n) is 12.5. The van der Waals surface area contributed by atoms with Crippen LogP contribution in [0.4, 0.5) is 0 Å². The first-order chi connectivity index (χ1) is 32.2. The average Bonchev–Trinajstić information content (AvgIpc) is 3.39. The number of fused-ring (bicyclic) bond motifs is 2. The molecule has 3 nitrogen and oxygen atoms in total. The number of hydrogen-bond donors (Lipinski definition) is 0. The largest absolute Gasteiger partial charge is 0.455 e. The number of rotatable bonds is 8. The molecule has 12 rings (SSSR count). The zero-order valence-electron chi connectivity index (χ0n) is 35.4. The van der Waals surface area contributed by atoms with Gasteiger partial charge in [-0.2, -0.15) is 0 Å². The molecule has 0 saturated heterocycles. The van der Waals surface area contributed by atoms with Crippen molar-refractivity contribution in [2.45, 2.75) is 0 Å². The van der Waals surface area contributed by atoms with Gasteiger partial charge in [0.1, 0.15) is 11.5 Å². The minimum absolute atomic E-state index is 0.681. The van der Waals surface area contributed by atoms with Crippen molar-refractivity contribution in [1.29, 1.82) is 0 Å². The lowest BCUT2D eigenvalue weighted by molar-refractivity contribution is 0.489. The fourth-order valence-electron chi connectivity index (χ4n) is 9.36. The van der Waals surface area contributed by atoms with E-state index in [9.17, 15) is 0 Å². The molecule has 11 aromatic rings. The standard InChI is InChI=1S/C62H40N2O/c1-5-17-41(18-6-1)43-33-35-44(36-34-43)56-40-57(64-62(63-56)47-23-11-4-12-24-47)49-28-13-27-48(37-49)54-38-50(42-19-7-2-8-20-42)39-55(59(54)45-21-9-3-10-22-45)53-31-16-30-52-51-29-14-25-46-26-15-32-58(60(46)51)65-61(52)53/h1-40H. The molecule has 2 heterocycles. The topological polar surface area (TPSA) is 35.0 Å². The van der Waals surface area contributed by atoms with E-state index in [4.69, 9.17) is 14.7 Å². The van der Waals surface area contributed by atoms with Crippen molar-refractivity contribution in [2.75, 3.05) is 0 Å². The van der Waals surface area contributed by atoms with Crippen molar-refractivity contribution in [1.82, 2.24) is 9.97 Å². The molecule has 0 fully saturated rings. The third-order valence-corrected chi connectivity index (χ3v) is 12.5. The number of hydrogen-bond acceptors (Lipinski definition) is 3. The van der Waals surface area contributed by atoms with Crippen LogP contribution < -0.4 is 4.74 Å². The van der Waals surface area contributed by atoms with Gasteiger partial charge in [-0.3, -0.25) is 0 Å². The van der Waals surface area contributed by atoms with E-state index in [0.29, 0.717) is 5.82 Å². The molecule has 1 aliphatic heterocycles. The first-order valence-corrected chi connectivity index (χ1v) is 22.1. The predicted molar refractivity (Wildman–Crippen MR) is 269 cm³/mol. The molecule has 0 spiro atoms. The van der Waals surface area contributed by atoms with Gasteiger partial charge in [-0.05, 0) is 91.4 Å². The van der Waals surface area contributed by atoms with Gasteiger partial charge in [0.05, 0.1) is 11.4 Å². The Morgan fingerprint density at radius 3 is 1.45 bits per heavy atom. The molecule has 0 N–H and O–H groups in total. The fourth-order valence-corrected chi connectivity index (χ4v) is 9.36. The molecule has 65 heavy (non-hydrogen) atoms. The molecule has 304 valence electrons. The summed E-state index contributed by atoms with van der Waals surface area (Å²) in [5.74, 6) is 2.41. The van der Waals surface area contributed by atoms with Crippen LogP contribution in [0.2, 0.25) is 0 Å². The Kier molecular flexibility index (Phi) is 9.50. The van der Waals surface area contributed by atoms with Crippen molar-refractivity contribution in [3.63, 3.8) is 0 Å². The van der Waals surface area contributed by atoms with Crippen LogP contribution in [0.25, 0.3) is 111 Å². The summed E-state index contributed by atoms with van der Waals surface area (Å²) < 4.78 is 7.00. The first kappa shape index (κ1) is 38.0. The molecule has 10 aromatic carbocycles. The normalized spacial score (nSPS) is 11.5. The van der Waals surface area contributed by atoms with Crippen LogP contribution >= 0.6 is 0 Å². The number of para-hydroxylation sites is 1. The summed E-state index contributed by atoms with van der Waals surface area (Å²) in [6.45, 7) is 0. The van der Waals surface area contributed by atoms with E-state index in [-0.39, 0.29) is 0 Å². The van der Waals surface area contributed by atoms with Crippen LogP contribution in [0, 0.1) is 0 Å². The number of aromatic nitrogens is 2. The molecule has 1 aliphatic rings.